The van der Waals surface area contributed by atoms with Gasteiger partial charge in [0.2, 0.25) is 5.82 Å². The van der Waals surface area contributed by atoms with Crippen LogP contribution in [0, 0.1) is 0 Å². The Bertz CT molecular complexity index is 1200. The number of fused-ring (bicyclic) bond motifs is 1. The van der Waals surface area contributed by atoms with Crippen molar-refractivity contribution in [1.82, 2.24) is 9.38 Å². The SMILES string of the molecule is c1ccc(N=Nc2nc3scc(-c4cccs4)n3c2-c2ccccc2)cc1. The minimum Gasteiger partial charge on any atom is -0.280 e. The van der Waals surface area contributed by atoms with Gasteiger partial charge in [-0.2, -0.15) is 4.98 Å². The summed E-state index contributed by atoms with van der Waals surface area (Å²) >= 11 is 3.34. The monoisotopic (exact) mass is 386 g/mol. The molecule has 0 saturated carbocycles. The number of benzene rings is 2. The molecule has 4 nitrogen and oxygen atoms in total. The zero-order valence-corrected chi connectivity index (χ0v) is 15.8. The molecule has 3 heterocycles. The summed E-state index contributed by atoms with van der Waals surface area (Å²) in [5, 5.41) is 13.1. The van der Waals surface area contributed by atoms with E-state index in [-0.39, 0.29) is 0 Å². The first kappa shape index (κ1) is 16.1. The first-order valence-electron chi connectivity index (χ1n) is 8.46. The largest absolute Gasteiger partial charge is 0.280 e. The van der Waals surface area contributed by atoms with Gasteiger partial charge in [-0.05, 0) is 23.6 Å². The maximum absolute atomic E-state index is 4.76. The highest BCUT2D eigenvalue weighted by atomic mass is 32.1. The van der Waals surface area contributed by atoms with Crippen LogP contribution in [0.5, 0.6) is 0 Å². The van der Waals surface area contributed by atoms with E-state index in [0.29, 0.717) is 5.82 Å². The zero-order chi connectivity index (χ0) is 18.1. The number of aromatic nitrogens is 2. The molecule has 0 aliphatic carbocycles. The molecule has 6 heteroatoms. The lowest BCUT2D eigenvalue weighted by molar-refractivity contribution is 1.19. The van der Waals surface area contributed by atoms with Crippen LogP contribution in [0.2, 0.25) is 0 Å². The van der Waals surface area contributed by atoms with Crippen LogP contribution in [0.4, 0.5) is 11.5 Å². The Morgan fingerprint density at radius 1 is 0.778 bits per heavy atom. The molecule has 0 radical (unpaired) electrons. The number of hydrogen-bond acceptors (Lipinski definition) is 5. The average Bonchev–Trinajstić information content (AvgIpc) is 3.44. The van der Waals surface area contributed by atoms with Gasteiger partial charge in [-0.25, -0.2) is 0 Å². The highest BCUT2D eigenvalue weighted by Crippen LogP contribution is 2.39. The van der Waals surface area contributed by atoms with Crippen molar-refractivity contribution in [3.63, 3.8) is 0 Å². The van der Waals surface area contributed by atoms with Crippen LogP contribution in [0.1, 0.15) is 0 Å². The van der Waals surface area contributed by atoms with E-state index in [1.54, 1.807) is 22.7 Å². The summed E-state index contributed by atoms with van der Waals surface area (Å²) in [5.41, 5.74) is 3.99. The van der Waals surface area contributed by atoms with E-state index in [4.69, 9.17) is 4.98 Å². The minimum atomic E-state index is 0.634. The summed E-state index contributed by atoms with van der Waals surface area (Å²) in [4.78, 5) is 6.89. The van der Waals surface area contributed by atoms with E-state index in [1.165, 1.54) is 4.88 Å². The fraction of sp³-hybridized carbons (Fsp3) is 0. The van der Waals surface area contributed by atoms with Crippen LogP contribution >= 0.6 is 22.7 Å². The highest BCUT2D eigenvalue weighted by molar-refractivity contribution is 7.17. The first-order chi connectivity index (χ1) is 13.4. The minimum absolute atomic E-state index is 0.634. The van der Waals surface area contributed by atoms with E-state index in [9.17, 15) is 0 Å². The number of thiophene rings is 1. The summed E-state index contributed by atoms with van der Waals surface area (Å²) in [5.74, 6) is 0.634. The first-order valence-corrected chi connectivity index (χ1v) is 10.2. The van der Waals surface area contributed by atoms with E-state index in [0.717, 1.165) is 27.6 Å². The van der Waals surface area contributed by atoms with E-state index in [1.807, 2.05) is 48.5 Å². The van der Waals surface area contributed by atoms with Gasteiger partial charge in [-0.3, -0.25) is 4.40 Å². The van der Waals surface area contributed by atoms with E-state index in [2.05, 4.69) is 49.7 Å². The quantitative estimate of drug-likeness (QED) is 0.301. The zero-order valence-electron chi connectivity index (χ0n) is 14.2. The molecule has 5 aromatic rings. The predicted octanol–water partition coefficient (Wildman–Crippen LogP) is 7.21. The Balaban J connectivity index is 1.73. The molecular formula is C21H14N4S2. The van der Waals surface area contributed by atoms with Crippen molar-refractivity contribution >= 4 is 39.1 Å². The van der Waals surface area contributed by atoms with Crippen molar-refractivity contribution in [3.05, 3.63) is 83.6 Å². The van der Waals surface area contributed by atoms with Crippen LogP contribution in [-0.4, -0.2) is 9.38 Å². The van der Waals surface area contributed by atoms with Crippen molar-refractivity contribution in [2.75, 3.05) is 0 Å². The predicted molar refractivity (Wildman–Crippen MR) is 112 cm³/mol. The molecule has 3 aromatic heterocycles. The fourth-order valence-electron chi connectivity index (χ4n) is 2.97. The number of imidazole rings is 1. The Hall–Kier alpha value is -3.09. The molecule has 0 spiro atoms. The number of azo groups is 1. The van der Waals surface area contributed by atoms with Gasteiger partial charge in [0.25, 0.3) is 0 Å². The molecule has 0 aliphatic heterocycles. The molecule has 0 saturated heterocycles. The van der Waals surface area contributed by atoms with Gasteiger partial charge in [0.15, 0.2) is 4.96 Å². The summed E-state index contributed by atoms with van der Waals surface area (Å²) < 4.78 is 2.19. The second-order valence-corrected chi connectivity index (χ2v) is 7.69. The van der Waals surface area contributed by atoms with Gasteiger partial charge < -0.3 is 0 Å². The van der Waals surface area contributed by atoms with Crippen molar-refractivity contribution in [1.29, 1.82) is 0 Å². The third-order valence-electron chi connectivity index (χ3n) is 4.18. The summed E-state index contributed by atoms with van der Waals surface area (Å²) in [6, 6.07) is 24.2. The van der Waals surface area contributed by atoms with Crippen LogP contribution < -0.4 is 0 Å². The third kappa shape index (κ3) is 2.99. The van der Waals surface area contributed by atoms with Crippen LogP contribution in [-0.2, 0) is 0 Å². The van der Waals surface area contributed by atoms with Crippen molar-refractivity contribution < 1.29 is 0 Å². The van der Waals surface area contributed by atoms with Gasteiger partial charge in [0, 0.05) is 10.9 Å². The molecule has 0 bridgehead atoms. The lowest BCUT2D eigenvalue weighted by Gasteiger charge is -2.04. The molecular weight excluding hydrogens is 372 g/mol. The maximum atomic E-state index is 4.76. The maximum Gasteiger partial charge on any atom is 0.202 e. The van der Waals surface area contributed by atoms with Gasteiger partial charge >= 0.3 is 0 Å². The number of rotatable bonds is 4. The number of nitrogens with zero attached hydrogens (tertiary/aromatic N) is 4. The van der Waals surface area contributed by atoms with Gasteiger partial charge in [0.05, 0.1) is 16.3 Å². The smallest absolute Gasteiger partial charge is 0.202 e. The highest BCUT2D eigenvalue weighted by Gasteiger charge is 2.19. The summed E-state index contributed by atoms with van der Waals surface area (Å²) in [6.45, 7) is 0. The standard InChI is InChI=1S/C21H14N4S2/c1-3-8-15(9-4-1)19-20(24-23-16-10-5-2-6-11-16)22-21-25(19)17(14-27-21)18-12-7-13-26-18/h1-14H. The molecule has 0 N–H and O–H groups in total. The van der Waals surface area contributed by atoms with E-state index < -0.39 is 0 Å². The molecule has 27 heavy (non-hydrogen) atoms. The lowest BCUT2D eigenvalue weighted by atomic mass is 10.1. The average molecular weight is 387 g/mol. The summed E-state index contributed by atoms with van der Waals surface area (Å²) in [6.07, 6.45) is 0. The van der Waals surface area contributed by atoms with E-state index >= 15 is 0 Å². The van der Waals surface area contributed by atoms with Gasteiger partial charge in [-0.1, -0.05) is 54.6 Å². The normalized spacial score (nSPS) is 11.6. The fourth-order valence-corrected chi connectivity index (χ4v) is 4.66. The molecule has 0 unspecified atom stereocenters. The second kappa shape index (κ2) is 6.90. The molecule has 0 atom stereocenters. The molecule has 0 amide bonds. The molecule has 130 valence electrons. The second-order valence-electron chi connectivity index (χ2n) is 5.90. The van der Waals surface area contributed by atoms with Crippen LogP contribution in [0.3, 0.4) is 0 Å². The molecule has 0 aliphatic rings. The Morgan fingerprint density at radius 2 is 1.56 bits per heavy atom. The Labute approximate surface area is 164 Å². The molecule has 2 aromatic carbocycles. The van der Waals surface area contributed by atoms with Crippen molar-refractivity contribution in [2.24, 2.45) is 10.2 Å². The Kier molecular flexibility index (Phi) is 4.12. The van der Waals surface area contributed by atoms with Crippen LogP contribution in [0.25, 0.3) is 26.8 Å². The topological polar surface area (TPSA) is 42.0 Å². The number of thiazole rings is 1. The van der Waals surface area contributed by atoms with Crippen molar-refractivity contribution in [3.8, 4) is 21.8 Å². The lowest BCUT2D eigenvalue weighted by Crippen LogP contribution is -1.88. The molecule has 5 rings (SSSR count). The Morgan fingerprint density at radius 3 is 2.30 bits per heavy atom. The molecule has 0 fully saturated rings. The number of hydrogen-bond donors (Lipinski definition) is 0. The summed E-state index contributed by atoms with van der Waals surface area (Å²) in [7, 11) is 0. The van der Waals surface area contributed by atoms with Crippen molar-refractivity contribution in [2.45, 2.75) is 0 Å². The third-order valence-corrected chi connectivity index (χ3v) is 5.90. The van der Waals surface area contributed by atoms with Gasteiger partial charge in [-0.15, -0.1) is 32.9 Å². The van der Waals surface area contributed by atoms with Crippen LogP contribution in [0.15, 0.2) is 93.8 Å². The van der Waals surface area contributed by atoms with Gasteiger partial charge in [0.1, 0.15) is 5.69 Å².